The van der Waals surface area contributed by atoms with E-state index in [0.29, 0.717) is 25.5 Å². The Hall–Kier alpha value is -1.68. The molecule has 32 heavy (non-hydrogen) atoms. The summed E-state index contributed by atoms with van der Waals surface area (Å²) in [7, 11) is -3.50. The van der Waals surface area contributed by atoms with Crippen LogP contribution in [0.1, 0.15) is 50.0 Å². The predicted molar refractivity (Wildman–Crippen MR) is 118 cm³/mol. The zero-order valence-corrected chi connectivity index (χ0v) is 19.1. The van der Waals surface area contributed by atoms with E-state index >= 15 is 0 Å². The lowest BCUT2D eigenvalue weighted by Crippen LogP contribution is -2.61. The van der Waals surface area contributed by atoms with Crippen LogP contribution >= 0.6 is 0 Å². The monoisotopic (exact) mass is 464 g/mol. The van der Waals surface area contributed by atoms with Gasteiger partial charge in [0.05, 0.1) is 32.0 Å². The molecule has 1 aromatic rings. The van der Waals surface area contributed by atoms with Crippen LogP contribution in [-0.4, -0.2) is 75.6 Å². The molecule has 1 aromatic carbocycles. The SMILES string of the molecule is O=C1COc2ccccc2C2CCC(CC2)OCC2[C@@H](NS(=O)(=O)C3COC3)CCCN12. The Kier molecular flexibility index (Phi) is 6.42. The van der Waals surface area contributed by atoms with Crippen molar-refractivity contribution in [1.82, 2.24) is 9.62 Å². The molecule has 1 aliphatic carbocycles. The minimum atomic E-state index is -3.50. The van der Waals surface area contributed by atoms with Crippen molar-refractivity contribution in [2.24, 2.45) is 0 Å². The Morgan fingerprint density at radius 3 is 2.53 bits per heavy atom. The fourth-order valence-corrected chi connectivity index (χ4v) is 6.80. The summed E-state index contributed by atoms with van der Waals surface area (Å²) in [4.78, 5) is 15.0. The minimum absolute atomic E-state index is 0.0560. The topological polar surface area (TPSA) is 94.2 Å². The quantitative estimate of drug-likeness (QED) is 0.733. The first-order chi connectivity index (χ1) is 15.5. The van der Waals surface area contributed by atoms with Gasteiger partial charge in [-0.15, -0.1) is 0 Å². The van der Waals surface area contributed by atoms with Gasteiger partial charge in [0.25, 0.3) is 5.91 Å². The highest BCUT2D eigenvalue weighted by Gasteiger charge is 2.41. The average molecular weight is 465 g/mol. The highest BCUT2D eigenvalue weighted by atomic mass is 32.2. The smallest absolute Gasteiger partial charge is 0.260 e. The number of nitrogens with zero attached hydrogens (tertiary/aromatic N) is 1. The maximum absolute atomic E-state index is 13.2. The highest BCUT2D eigenvalue weighted by molar-refractivity contribution is 7.90. The number of ether oxygens (including phenoxy) is 3. The minimum Gasteiger partial charge on any atom is -0.483 e. The third-order valence-corrected chi connectivity index (χ3v) is 9.13. The molecule has 1 N–H and O–H groups in total. The summed E-state index contributed by atoms with van der Waals surface area (Å²) < 4.78 is 45.8. The molecule has 2 atom stereocenters. The number of fused-ring (bicyclic) bond motifs is 5. The number of carbonyl (C=O) groups is 1. The van der Waals surface area contributed by atoms with Gasteiger partial charge in [0.2, 0.25) is 10.0 Å². The second-order valence-corrected chi connectivity index (χ2v) is 11.4. The van der Waals surface area contributed by atoms with Crippen LogP contribution in [0.4, 0.5) is 0 Å². The largest absolute Gasteiger partial charge is 0.483 e. The van der Waals surface area contributed by atoms with Crippen LogP contribution in [0.3, 0.4) is 0 Å². The van der Waals surface area contributed by atoms with Crippen molar-refractivity contribution in [2.75, 3.05) is 33.0 Å². The number of hydrogen-bond donors (Lipinski definition) is 1. The third kappa shape index (κ3) is 4.53. The first kappa shape index (κ1) is 22.1. The Balaban J connectivity index is 1.39. The van der Waals surface area contributed by atoms with Gasteiger partial charge in [0.15, 0.2) is 6.61 Å². The summed E-state index contributed by atoms with van der Waals surface area (Å²) in [6.07, 6.45) is 5.50. The summed E-state index contributed by atoms with van der Waals surface area (Å²) in [6, 6.07) is 7.29. The fourth-order valence-electron chi connectivity index (χ4n) is 5.36. The molecule has 9 heteroatoms. The predicted octanol–water partition coefficient (Wildman–Crippen LogP) is 1.80. The lowest BCUT2D eigenvalue weighted by atomic mass is 9.82. The van der Waals surface area contributed by atoms with E-state index in [4.69, 9.17) is 14.2 Å². The Labute approximate surface area is 189 Å². The summed E-state index contributed by atoms with van der Waals surface area (Å²) in [5.74, 6) is 1.06. The summed E-state index contributed by atoms with van der Waals surface area (Å²) in [5, 5.41) is -0.514. The molecule has 1 saturated carbocycles. The van der Waals surface area contributed by atoms with Gasteiger partial charge in [-0.3, -0.25) is 4.79 Å². The van der Waals surface area contributed by atoms with Gasteiger partial charge in [-0.25, -0.2) is 13.1 Å². The van der Waals surface area contributed by atoms with Crippen molar-refractivity contribution >= 4 is 15.9 Å². The molecule has 1 unspecified atom stereocenters. The molecule has 3 fully saturated rings. The Morgan fingerprint density at radius 2 is 1.78 bits per heavy atom. The summed E-state index contributed by atoms with van der Waals surface area (Å²) >= 11 is 0. The van der Waals surface area contributed by atoms with Crippen LogP contribution in [0, 0.1) is 0 Å². The molecular formula is C23H32N2O6S. The zero-order chi connectivity index (χ0) is 22.1. The molecule has 8 nitrogen and oxygen atoms in total. The molecule has 2 bridgehead atoms. The lowest BCUT2D eigenvalue weighted by molar-refractivity contribution is -0.140. The van der Waals surface area contributed by atoms with Gasteiger partial charge >= 0.3 is 0 Å². The average Bonchev–Trinajstić information content (AvgIpc) is 2.76. The van der Waals surface area contributed by atoms with E-state index in [0.717, 1.165) is 37.9 Å². The summed E-state index contributed by atoms with van der Waals surface area (Å²) in [6.45, 7) is 1.31. The zero-order valence-electron chi connectivity index (χ0n) is 18.3. The van der Waals surface area contributed by atoms with Gasteiger partial charge in [-0.2, -0.15) is 0 Å². The number of nitrogens with one attached hydrogen (secondary N) is 1. The molecule has 176 valence electrons. The number of carbonyl (C=O) groups excluding carboxylic acids is 1. The number of hydrogen-bond acceptors (Lipinski definition) is 6. The number of piperidine rings is 1. The van der Waals surface area contributed by atoms with Crippen LogP contribution in [-0.2, 0) is 24.3 Å². The molecule has 0 radical (unpaired) electrons. The third-order valence-electron chi connectivity index (χ3n) is 7.35. The van der Waals surface area contributed by atoms with E-state index < -0.39 is 15.3 Å². The van der Waals surface area contributed by atoms with Crippen LogP contribution in [0.25, 0.3) is 0 Å². The van der Waals surface area contributed by atoms with Crippen molar-refractivity contribution in [1.29, 1.82) is 0 Å². The number of para-hydroxylation sites is 1. The molecule has 2 saturated heterocycles. The van der Waals surface area contributed by atoms with Crippen LogP contribution < -0.4 is 9.46 Å². The second-order valence-electron chi connectivity index (χ2n) is 9.36. The van der Waals surface area contributed by atoms with Crippen molar-refractivity contribution in [3.63, 3.8) is 0 Å². The molecule has 4 aliphatic heterocycles. The van der Waals surface area contributed by atoms with Crippen LogP contribution in [0.5, 0.6) is 5.75 Å². The molecule has 0 spiro atoms. The van der Waals surface area contributed by atoms with Crippen molar-refractivity contribution in [3.05, 3.63) is 29.8 Å². The Bertz CT molecular complexity index is 926. The van der Waals surface area contributed by atoms with Crippen molar-refractivity contribution in [2.45, 2.75) is 67.9 Å². The van der Waals surface area contributed by atoms with Crippen LogP contribution in [0.15, 0.2) is 24.3 Å². The molecule has 6 rings (SSSR count). The first-order valence-corrected chi connectivity index (χ1v) is 13.3. The van der Waals surface area contributed by atoms with Crippen molar-refractivity contribution in [3.8, 4) is 5.75 Å². The number of amides is 1. The number of rotatable bonds is 3. The Morgan fingerprint density at radius 1 is 1.00 bits per heavy atom. The molecular weight excluding hydrogens is 432 g/mol. The maximum Gasteiger partial charge on any atom is 0.260 e. The van der Waals surface area contributed by atoms with Gasteiger partial charge in [0.1, 0.15) is 11.0 Å². The maximum atomic E-state index is 13.2. The van der Waals surface area contributed by atoms with E-state index in [-0.39, 0.29) is 43.9 Å². The van der Waals surface area contributed by atoms with E-state index in [1.807, 2.05) is 18.2 Å². The lowest BCUT2D eigenvalue weighted by Gasteiger charge is -2.42. The van der Waals surface area contributed by atoms with Gasteiger partial charge in [-0.1, -0.05) is 18.2 Å². The molecule has 4 heterocycles. The van der Waals surface area contributed by atoms with E-state index in [9.17, 15) is 13.2 Å². The fraction of sp³-hybridized carbons (Fsp3) is 0.696. The number of benzene rings is 1. The molecule has 5 aliphatic rings. The van der Waals surface area contributed by atoms with E-state index in [1.165, 1.54) is 5.56 Å². The summed E-state index contributed by atoms with van der Waals surface area (Å²) in [5.41, 5.74) is 1.17. The molecule has 0 aromatic heterocycles. The van der Waals surface area contributed by atoms with Crippen LogP contribution in [0.2, 0.25) is 0 Å². The highest BCUT2D eigenvalue weighted by Crippen LogP contribution is 2.39. The van der Waals surface area contributed by atoms with Gasteiger partial charge < -0.3 is 19.1 Å². The van der Waals surface area contributed by atoms with Gasteiger partial charge in [0, 0.05) is 12.6 Å². The molecule has 1 amide bonds. The van der Waals surface area contributed by atoms with Crippen molar-refractivity contribution < 1.29 is 27.4 Å². The van der Waals surface area contributed by atoms with E-state index in [2.05, 4.69) is 10.8 Å². The van der Waals surface area contributed by atoms with E-state index in [1.54, 1.807) is 4.90 Å². The van der Waals surface area contributed by atoms with Gasteiger partial charge in [-0.05, 0) is 56.1 Å². The first-order valence-electron chi connectivity index (χ1n) is 11.7. The standard InChI is InChI=1S/C23H32N2O6S/c26-23-15-31-22-6-2-1-4-19(22)16-7-9-17(10-8-16)30-14-21-20(5-3-11-25(21)23)24-32(27,28)18-12-29-13-18/h1-2,4,6,16-18,20-21,24H,3,5,7-15H2/t16?,17?,20-,21?/m0/s1. The number of sulfonamides is 1. The normalized spacial score (nSPS) is 31.9. The second kappa shape index (κ2) is 9.29.